The van der Waals surface area contributed by atoms with Crippen LogP contribution < -0.4 is 0 Å². The third kappa shape index (κ3) is 26.1. The van der Waals surface area contributed by atoms with Gasteiger partial charge in [-0.05, 0) is 0 Å². The molecule has 0 aliphatic heterocycles. The van der Waals surface area contributed by atoms with Gasteiger partial charge in [-0.2, -0.15) is 0 Å². The number of methoxy groups -OCH3 is 1. The predicted molar refractivity (Wildman–Crippen MR) is 89.1 cm³/mol. The van der Waals surface area contributed by atoms with Crippen molar-refractivity contribution in [1.82, 2.24) is 0 Å². The quantitative estimate of drug-likeness (QED) is 0.312. The molecule has 0 N–H and O–H groups in total. The fraction of sp³-hybridized carbons (Fsp3) is 0.944. The van der Waals surface area contributed by atoms with Crippen LogP contribution in [0, 0.1) is 0 Å². The molecule has 0 aromatic rings. The number of esters is 1. The lowest BCUT2D eigenvalue weighted by molar-refractivity contribution is -0.137. The van der Waals surface area contributed by atoms with Crippen molar-refractivity contribution in [2.24, 2.45) is 0 Å². The Hall–Kier alpha value is -0.530. The van der Waals surface area contributed by atoms with E-state index in [1.54, 1.807) is 0 Å². The molecule has 0 aliphatic carbocycles. The highest BCUT2D eigenvalue weighted by molar-refractivity contribution is 5.65. The molecule has 0 fully saturated rings. The highest BCUT2D eigenvalue weighted by Crippen LogP contribution is 2.12. The van der Waals surface area contributed by atoms with Crippen molar-refractivity contribution >= 4 is 5.97 Å². The molecule has 0 aliphatic rings. The molecule has 2 nitrogen and oxygen atoms in total. The molecule has 122 valence electrons. The average Bonchev–Trinajstić information content (AvgIpc) is 2.45. The van der Waals surface area contributed by atoms with Gasteiger partial charge in [-0.3, -0.25) is 4.79 Å². The molecule has 0 aromatic carbocycles. The van der Waals surface area contributed by atoms with Crippen molar-refractivity contribution in [2.75, 3.05) is 7.11 Å². The minimum absolute atomic E-state index is 0.245. The van der Waals surface area contributed by atoms with Crippen LogP contribution in [0.2, 0.25) is 0 Å². The van der Waals surface area contributed by atoms with E-state index in [2.05, 4.69) is 18.6 Å². The number of hydrogen-bond acceptors (Lipinski definition) is 2. The largest absolute Gasteiger partial charge is 0.469 e. The minimum Gasteiger partial charge on any atom is -0.469 e. The summed E-state index contributed by atoms with van der Waals surface area (Å²) in [6, 6.07) is 0. The molecule has 2 heteroatoms. The van der Waals surface area contributed by atoms with Crippen LogP contribution in [0.1, 0.15) is 104 Å². The Kier molecular flexibility index (Phi) is 22.6. The van der Waals surface area contributed by atoms with Gasteiger partial charge in [0, 0.05) is 6.92 Å². The minimum atomic E-state index is -0.245. The van der Waals surface area contributed by atoms with Crippen molar-refractivity contribution in [3.05, 3.63) is 0 Å². The van der Waals surface area contributed by atoms with E-state index in [9.17, 15) is 4.79 Å². The molecule has 0 unspecified atom stereocenters. The Bertz CT molecular complexity index is 166. The van der Waals surface area contributed by atoms with Crippen molar-refractivity contribution in [2.45, 2.75) is 104 Å². The van der Waals surface area contributed by atoms with E-state index < -0.39 is 0 Å². The van der Waals surface area contributed by atoms with Gasteiger partial charge >= 0.3 is 5.97 Å². The summed E-state index contributed by atoms with van der Waals surface area (Å²) in [6.45, 7) is 5.94. The van der Waals surface area contributed by atoms with Crippen LogP contribution in [0.3, 0.4) is 0 Å². The van der Waals surface area contributed by atoms with E-state index in [4.69, 9.17) is 0 Å². The fourth-order valence-electron chi connectivity index (χ4n) is 2.09. The fourth-order valence-corrected chi connectivity index (χ4v) is 2.09. The summed E-state index contributed by atoms with van der Waals surface area (Å²) in [5, 5.41) is 0. The Balaban J connectivity index is 0. The third-order valence-electron chi connectivity index (χ3n) is 3.49. The molecule has 0 saturated heterocycles. The van der Waals surface area contributed by atoms with Crippen molar-refractivity contribution in [1.29, 1.82) is 0 Å². The summed E-state index contributed by atoms with van der Waals surface area (Å²) in [6.07, 6.45) is 18.9. The van der Waals surface area contributed by atoms with Crippen molar-refractivity contribution < 1.29 is 9.53 Å². The molecule has 0 heterocycles. The van der Waals surface area contributed by atoms with Crippen LogP contribution in [0.4, 0.5) is 0 Å². The maximum atomic E-state index is 9.59. The molecule has 0 aromatic heterocycles. The Labute approximate surface area is 127 Å². The highest BCUT2D eigenvalue weighted by Gasteiger charge is 1.92. The lowest BCUT2D eigenvalue weighted by Gasteiger charge is -2.01. The number of rotatable bonds is 12. The monoisotopic (exact) mass is 286 g/mol. The first-order valence-corrected chi connectivity index (χ1v) is 8.73. The summed E-state index contributed by atoms with van der Waals surface area (Å²) >= 11 is 0. The van der Waals surface area contributed by atoms with E-state index >= 15 is 0 Å². The van der Waals surface area contributed by atoms with Crippen LogP contribution in [-0.2, 0) is 9.53 Å². The van der Waals surface area contributed by atoms with Gasteiger partial charge in [0.25, 0.3) is 0 Å². The molecular formula is C18H38O2. The molecule has 20 heavy (non-hydrogen) atoms. The molecular weight excluding hydrogens is 248 g/mol. The van der Waals surface area contributed by atoms with Gasteiger partial charge in [0.2, 0.25) is 0 Å². The molecule has 0 spiro atoms. The topological polar surface area (TPSA) is 26.3 Å². The van der Waals surface area contributed by atoms with Crippen LogP contribution in [0.25, 0.3) is 0 Å². The van der Waals surface area contributed by atoms with E-state index in [-0.39, 0.29) is 5.97 Å². The number of carbonyl (C=O) groups excluding carboxylic acids is 1. The van der Waals surface area contributed by atoms with Crippen LogP contribution in [0.5, 0.6) is 0 Å². The maximum absolute atomic E-state index is 9.59. The van der Waals surface area contributed by atoms with Gasteiger partial charge in [0.05, 0.1) is 7.11 Å². The molecule has 0 amide bonds. The van der Waals surface area contributed by atoms with Gasteiger partial charge in [-0.1, -0.05) is 97.3 Å². The molecule has 0 bridgehead atoms. The SMILES string of the molecule is CCCCCCCCCCCCCCC.COC(C)=O. The molecule has 0 radical (unpaired) electrons. The van der Waals surface area contributed by atoms with E-state index in [0.717, 1.165) is 0 Å². The Morgan fingerprint density at radius 1 is 0.650 bits per heavy atom. The summed E-state index contributed by atoms with van der Waals surface area (Å²) < 4.78 is 4.11. The lowest BCUT2D eigenvalue weighted by Crippen LogP contribution is -1.88. The zero-order chi connectivity index (χ0) is 15.5. The Morgan fingerprint density at radius 3 is 1.00 bits per heavy atom. The number of hydrogen-bond donors (Lipinski definition) is 0. The maximum Gasteiger partial charge on any atom is 0.302 e. The lowest BCUT2D eigenvalue weighted by atomic mass is 10.1. The molecule has 0 rings (SSSR count). The average molecular weight is 286 g/mol. The van der Waals surface area contributed by atoms with Gasteiger partial charge < -0.3 is 4.74 Å². The normalized spacial score (nSPS) is 9.80. The van der Waals surface area contributed by atoms with Gasteiger partial charge in [0.1, 0.15) is 0 Å². The zero-order valence-electron chi connectivity index (χ0n) is 14.5. The van der Waals surface area contributed by atoms with Crippen molar-refractivity contribution in [3.8, 4) is 0 Å². The second-order valence-corrected chi connectivity index (χ2v) is 5.58. The van der Waals surface area contributed by atoms with Gasteiger partial charge in [-0.25, -0.2) is 0 Å². The standard InChI is InChI=1S/C15H32.C3H6O2/c1-3-5-7-9-11-13-15-14-12-10-8-6-4-2;1-3(4)5-2/h3-15H2,1-2H3;1-2H3. The second kappa shape index (κ2) is 20.8. The first kappa shape index (κ1) is 21.8. The van der Waals surface area contributed by atoms with Crippen LogP contribution in [-0.4, -0.2) is 13.1 Å². The van der Waals surface area contributed by atoms with Gasteiger partial charge in [0.15, 0.2) is 0 Å². The predicted octanol–water partition coefficient (Wildman–Crippen LogP) is 6.28. The summed E-state index contributed by atoms with van der Waals surface area (Å²) in [5.41, 5.74) is 0. The van der Waals surface area contributed by atoms with Gasteiger partial charge in [-0.15, -0.1) is 0 Å². The summed E-state index contributed by atoms with van der Waals surface area (Å²) in [5.74, 6) is -0.245. The smallest absolute Gasteiger partial charge is 0.302 e. The first-order valence-electron chi connectivity index (χ1n) is 8.73. The first-order chi connectivity index (χ1) is 9.68. The van der Waals surface area contributed by atoms with Crippen LogP contribution in [0.15, 0.2) is 0 Å². The van der Waals surface area contributed by atoms with Crippen molar-refractivity contribution in [3.63, 3.8) is 0 Å². The number of carbonyl (C=O) groups is 1. The summed E-state index contributed by atoms with van der Waals surface area (Å²) in [7, 11) is 1.35. The molecule has 0 atom stereocenters. The van der Waals surface area contributed by atoms with Crippen LogP contribution >= 0.6 is 0 Å². The second-order valence-electron chi connectivity index (χ2n) is 5.58. The van der Waals surface area contributed by atoms with E-state index in [1.807, 2.05) is 0 Å². The highest BCUT2D eigenvalue weighted by atomic mass is 16.5. The third-order valence-corrected chi connectivity index (χ3v) is 3.49. The molecule has 0 saturated carbocycles. The van der Waals surface area contributed by atoms with E-state index in [1.165, 1.54) is 97.5 Å². The van der Waals surface area contributed by atoms with E-state index in [0.29, 0.717) is 0 Å². The number of ether oxygens (including phenoxy) is 1. The number of unbranched alkanes of at least 4 members (excludes halogenated alkanes) is 12. The zero-order valence-corrected chi connectivity index (χ0v) is 14.5. The Morgan fingerprint density at radius 2 is 0.850 bits per heavy atom. The summed E-state index contributed by atoms with van der Waals surface area (Å²) in [4.78, 5) is 9.59.